The number of piperidine rings is 1. The molecule has 2 heterocycles. The van der Waals surface area contributed by atoms with E-state index < -0.39 is 0 Å². The monoisotopic (exact) mass is 275 g/mol. The molecular formula is C11H18ClN3OS. The van der Waals surface area contributed by atoms with Gasteiger partial charge in [0.25, 0.3) is 5.91 Å². The number of aryl methyl sites for hydroxylation is 1. The number of nitrogens with zero attached hydrogens (tertiary/aromatic N) is 2. The number of hydrogen-bond donors (Lipinski definition) is 1. The van der Waals surface area contributed by atoms with E-state index in [0.717, 1.165) is 42.4 Å². The third-order valence-corrected chi connectivity index (χ3v) is 3.97. The molecule has 1 aliphatic rings. The minimum absolute atomic E-state index is 0. The fraction of sp³-hybridized carbons (Fsp3) is 0.636. The van der Waals surface area contributed by atoms with Crippen LogP contribution >= 0.6 is 23.7 Å². The van der Waals surface area contributed by atoms with Gasteiger partial charge in [0, 0.05) is 13.1 Å². The van der Waals surface area contributed by atoms with Crippen molar-refractivity contribution in [3.05, 3.63) is 16.1 Å². The first kappa shape index (κ1) is 14.4. The highest BCUT2D eigenvalue weighted by molar-refractivity contribution is 7.13. The van der Waals surface area contributed by atoms with Gasteiger partial charge < -0.3 is 10.6 Å². The zero-order chi connectivity index (χ0) is 11.5. The Balaban J connectivity index is 0.00000144. The molecule has 0 saturated carbocycles. The lowest BCUT2D eigenvalue weighted by atomic mass is 9.97. The van der Waals surface area contributed by atoms with Crippen molar-refractivity contribution < 1.29 is 4.79 Å². The zero-order valence-electron chi connectivity index (χ0n) is 9.89. The van der Waals surface area contributed by atoms with Crippen molar-refractivity contribution in [2.24, 2.45) is 11.7 Å². The molecule has 1 fully saturated rings. The second kappa shape index (κ2) is 6.33. The van der Waals surface area contributed by atoms with E-state index in [0.29, 0.717) is 5.92 Å². The Morgan fingerprint density at radius 3 is 2.71 bits per heavy atom. The average Bonchev–Trinajstić information content (AvgIpc) is 2.75. The van der Waals surface area contributed by atoms with Crippen molar-refractivity contribution in [3.63, 3.8) is 0 Å². The van der Waals surface area contributed by atoms with Crippen LogP contribution in [0, 0.1) is 12.8 Å². The molecule has 0 radical (unpaired) electrons. The van der Waals surface area contributed by atoms with Crippen LogP contribution in [0.25, 0.3) is 0 Å². The van der Waals surface area contributed by atoms with Crippen LogP contribution in [0.5, 0.6) is 0 Å². The molecule has 1 aromatic rings. The lowest BCUT2D eigenvalue weighted by Gasteiger charge is -2.30. The molecule has 96 valence electrons. The van der Waals surface area contributed by atoms with E-state index in [4.69, 9.17) is 5.73 Å². The standard InChI is InChI=1S/C11H17N3OS.ClH/c1-8-13-7-10(16-8)11(15)14-4-2-9(6-12)3-5-14;/h7,9H,2-6,12H2,1H3;1H. The maximum Gasteiger partial charge on any atom is 0.265 e. The van der Waals surface area contributed by atoms with Crippen molar-refractivity contribution >= 4 is 29.7 Å². The zero-order valence-corrected chi connectivity index (χ0v) is 11.5. The third-order valence-electron chi connectivity index (χ3n) is 3.07. The van der Waals surface area contributed by atoms with E-state index >= 15 is 0 Å². The summed E-state index contributed by atoms with van der Waals surface area (Å²) in [7, 11) is 0. The molecule has 1 aliphatic heterocycles. The summed E-state index contributed by atoms with van der Waals surface area (Å²) in [6, 6.07) is 0. The van der Waals surface area contributed by atoms with Crippen LogP contribution in [0.15, 0.2) is 6.20 Å². The quantitative estimate of drug-likeness (QED) is 0.893. The Kier molecular flexibility index (Phi) is 5.36. The summed E-state index contributed by atoms with van der Waals surface area (Å²) in [4.78, 5) is 18.9. The molecule has 4 nitrogen and oxygen atoms in total. The van der Waals surface area contributed by atoms with Crippen LogP contribution < -0.4 is 5.73 Å². The molecule has 17 heavy (non-hydrogen) atoms. The van der Waals surface area contributed by atoms with Gasteiger partial charge in [-0.2, -0.15) is 0 Å². The maximum absolute atomic E-state index is 12.1. The van der Waals surface area contributed by atoms with Crippen molar-refractivity contribution in [2.45, 2.75) is 19.8 Å². The molecular weight excluding hydrogens is 258 g/mol. The van der Waals surface area contributed by atoms with Crippen LogP contribution in [0.4, 0.5) is 0 Å². The van der Waals surface area contributed by atoms with Gasteiger partial charge >= 0.3 is 0 Å². The second-order valence-electron chi connectivity index (χ2n) is 4.21. The molecule has 0 bridgehead atoms. The van der Waals surface area contributed by atoms with Gasteiger partial charge in [0.05, 0.1) is 11.2 Å². The highest BCUT2D eigenvalue weighted by Gasteiger charge is 2.23. The average molecular weight is 276 g/mol. The van der Waals surface area contributed by atoms with Crippen molar-refractivity contribution in [1.82, 2.24) is 9.88 Å². The number of hydrogen-bond acceptors (Lipinski definition) is 4. The van der Waals surface area contributed by atoms with Gasteiger partial charge in [-0.15, -0.1) is 23.7 Å². The SMILES string of the molecule is Cc1ncc(C(=O)N2CCC(CN)CC2)s1.Cl. The molecule has 0 atom stereocenters. The lowest BCUT2D eigenvalue weighted by molar-refractivity contribution is 0.0698. The highest BCUT2D eigenvalue weighted by atomic mass is 35.5. The first-order valence-corrected chi connectivity index (χ1v) is 6.44. The Hall–Kier alpha value is -0.650. The summed E-state index contributed by atoms with van der Waals surface area (Å²) in [5.74, 6) is 0.716. The predicted octanol–water partition coefficient (Wildman–Crippen LogP) is 1.68. The summed E-state index contributed by atoms with van der Waals surface area (Å²) in [6.07, 6.45) is 3.73. The Labute approximate surface area is 112 Å². The number of amides is 1. The summed E-state index contributed by atoms with van der Waals surface area (Å²) in [5.41, 5.74) is 5.63. The first-order chi connectivity index (χ1) is 7.70. The van der Waals surface area contributed by atoms with E-state index in [1.165, 1.54) is 11.3 Å². The van der Waals surface area contributed by atoms with Gasteiger partial charge in [-0.05, 0) is 32.2 Å². The minimum Gasteiger partial charge on any atom is -0.338 e. The van der Waals surface area contributed by atoms with Crippen molar-refractivity contribution in [1.29, 1.82) is 0 Å². The van der Waals surface area contributed by atoms with Crippen LogP contribution in [-0.4, -0.2) is 35.4 Å². The van der Waals surface area contributed by atoms with Gasteiger partial charge in [0.15, 0.2) is 0 Å². The van der Waals surface area contributed by atoms with E-state index in [1.807, 2.05) is 11.8 Å². The fourth-order valence-corrected chi connectivity index (χ4v) is 2.73. The normalized spacial score (nSPS) is 16.7. The lowest BCUT2D eigenvalue weighted by Crippen LogP contribution is -2.39. The van der Waals surface area contributed by atoms with Gasteiger partial charge in [-0.25, -0.2) is 4.98 Å². The molecule has 0 aliphatic carbocycles. The molecule has 6 heteroatoms. The Morgan fingerprint density at radius 1 is 1.59 bits per heavy atom. The molecule has 0 aromatic carbocycles. The molecule has 0 unspecified atom stereocenters. The molecule has 1 saturated heterocycles. The molecule has 2 N–H and O–H groups in total. The number of carbonyl (C=O) groups excluding carboxylic acids is 1. The van der Waals surface area contributed by atoms with Gasteiger partial charge in [0.2, 0.25) is 0 Å². The summed E-state index contributed by atoms with van der Waals surface area (Å²) in [6.45, 7) is 4.32. The number of rotatable bonds is 2. The number of halogens is 1. The molecule has 0 spiro atoms. The van der Waals surface area contributed by atoms with E-state index in [-0.39, 0.29) is 18.3 Å². The molecule has 2 rings (SSSR count). The maximum atomic E-state index is 12.1. The molecule has 1 amide bonds. The topological polar surface area (TPSA) is 59.2 Å². The van der Waals surface area contributed by atoms with E-state index in [9.17, 15) is 4.79 Å². The Morgan fingerprint density at radius 2 is 2.24 bits per heavy atom. The highest BCUT2D eigenvalue weighted by Crippen LogP contribution is 2.20. The number of aromatic nitrogens is 1. The number of thiazole rings is 1. The van der Waals surface area contributed by atoms with Gasteiger partial charge in [-0.1, -0.05) is 0 Å². The van der Waals surface area contributed by atoms with Crippen LogP contribution in [0.2, 0.25) is 0 Å². The number of carbonyl (C=O) groups is 1. The second-order valence-corrected chi connectivity index (χ2v) is 5.45. The minimum atomic E-state index is 0. The molecule has 1 aromatic heterocycles. The van der Waals surface area contributed by atoms with Gasteiger partial charge in [0.1, 0.15) is 4.88 Å². The van der Waals surface area contributed by atoms with Gasteiger partial charge in [-0.3, -0.25) is 4.79 Å². The summed E-state index contributed by atoms with van der Waals surface area (Å²) >= 11 is 1.47. The Bertz CT molecular complexity index is 375. The van der Waals surface area contributed by atoms with Crippen LogP contribution in [-0.2, 0) is 0 Å². The van der Waals surface area contributed by atoms with Crippen molar-refractivity contribution in [2.75, 3.05) is 19.6 Å². The third kappa shape index (κ3) is 3.40. The predicted molar refractivity (Wildman–Crippen MR) is 71.8 cm³/mol. The smallest absolute Gasteiger partial charge is 0.265 e. The van der Waals surface area contributed by atoms with Crippen LogP contribution in [0.3, 0.4) is 0 Å². The number of likely N-dealkylation sites (tertiary alicyclic amines) is 1. The summed E-state index contributed by atoms with van der Waals surface area (Å²) < 4.78 is 0. The fourth-order valence-electron chi connectivity index (χ4n) is 1.99. The number of nitrogens with two attached hydrogens (primary N) is 1. The summed E-state index contributed by atoms with van der Waals surface area (Å²) in [5, 5.41) is 0.945. The largest absolute Gasteiger partial charge is 0.338 e. The van der Waals surface area contributed by atoms with E-state index in [2.05, 4.69) is 4.98 Å². The first-order valence-electron chi connectivity index (χ1n) is 5.62. The van der Waals surface area contributed by atoms with Crippen LogP contribution in [0.1, 0.15) is 27.5 Å². The van der Waals surface area contributed by atoms with Crippen molar-refractivity contribution in [3.8, 4) is 0 Å². The van der Waals surface area contributed by atoms with E-state index in [1.54, 1.807) is 6.20 Å².